The zero-order valence-corrected chi connectivity index (χ0v) is 15.8. The van der Waals surface area contributed by atoms with Gasteiger partial charge in [-0.2, -0.15) is 5.10 Å². The van der Waals surface area contributed by atoms with Crippen molar-refractivity contribution in [2.75, 3.05) is 31.2 Å². The number of aromatic nitrogens is 2. The van der Waals surface area contributed by atoms with Crippen LogP contribution in [0.15, 0.2) is 36.7 Å². The lowest BCUT2D eigenvalue weighted by Gasteiger charge is -2.15. The average Bonchev–Trinajstić information content (AvgIpc) is 3.26. The summed E-state index contributed by atoms with van der Waals surface area (Å²) in [6.45, 7) is 1.33. The van der Waals surface area contributed by atoms with Crippen LogP contribution in [0.4, 0.5) is 10.5 Å². The average molecular weight is 398 g/mol. The SMILES string of the molecule is CS(=O)(=O)N1CCC(CNC(=O)Nc2ccc(Cl)cc2-n2cccn2)C1. The Morgan fingerprint density at radius 3 is 2.88 bits per heavy atom. The minimum absolute atomic E-state index is 0.103. The number of carbonyl (C=O) groups is 1. The second kappa shape index (κ2) is 7.65. The van der Waals surface area contributed by atoms with Crippen LogP contribution in [0.5, 0.6) is 0 Å². The second-order valence-corrected chi connectivity index (χ2v) is 8.64. The first-order chi connectivity index (χ1) is 12.3. The van der Waals surface area contributed by atoms with Crippen molar-refractivity contribution in [2.45, 2.75) is 6.42 Å². The highest BCUT2D eigenvalue weighted by Crippen LogP contribution is 2.24. The molecule has 2 aromatic rings. The lowest BCUT2D eigenvalue weighted by molar-refractivity contribution is 0.250. The Balaban J connectivity index is 1.60. The summed E-state index contributed by atoms with van der Waals surface area (Å²) in [7, 11) is -3.17. The maximum absolute atomic E-state index is 12.2. The molecule has 1 fully saturated rings. The molecule has 2 N–H and O–H groups in total. The van der Waals surface area contributed by atoms with Gasteiger partial charge in [-0.05, 0) is 36.6 Å². The summed E-state index contributed by atoms with van der Waals surface area (Å²) in [5.41, 5.74) is 1.22. The number of hydrogen-bond acceptors (Lipinski definition) is 4. The summed E-state index contributed by atoms with van der Waals surface area (Å²) in [5.74, 6) is 0.103. The molecular weight excluding hydrogens is 378 g/mol. The Morgan fingerprint density at radius 2 is 2.23 bits per heavy atom. The fourth-order valence-electron chi connectivity index (χ4n) is 2.88. The van der Waals surface area contributed by atoms with Gasteiger partial charge in [0, 0.05) is 37.1 Å². The number of urea groups is 1. The molecule has 140 valence electrons. The molecule has 0 spiro atoms. The number of rotatable bonds is 5. The van der Waals surface area contributed by atoms with E-state index in [1.807, 2.05) is 0 Å². The molecule has 1 saturated heterocycles. The minimum atomic E-state index is -3.17. The van der Waals surface area contributed by atoms with Crippen molar-refractivity contribution < 1.29 is 13.2 Å². The first kappa shape index (κ1) is 18.7. The fraction of sp³-hybridized carbons (Fsp3) is 0.375. The van der Waals surface area contributed by atoms with E-state index in [-0.39, 0.29) is 11.9 Å². The monoisotopic (exact) mass is 397 g/mol. The smallest absolute Gasteiger partial charge is 0.319 e. The molecular formula is C16H20ClN5O3S. The van der Waals surface area contributed by atoms with Crippen LogP contribution in [0.25, 0.3) is 5.69 Å². The lowest BCUT2D eigenvalue weighted by atomic mass is 10.1. The van der Waals surface area contributed by atoms with Crippen molar-refractivity contribution in [1.29, 1.82) is 0 Å². The van der Waals surface area contributed by atoms with Crippen LogP contribution in [-0.2, 0) is 10.0 Å². The Labute approximate surface area is 157 Å². The molecule has 1 aliphatic heterocycles. The van der Waals surface area contributed by atoms with E-state index in [4.69, 9.17) is 11.6 Å². The Hall–Kier alpha value is -2.10. The van der Waals surface area contributed by atoms with Crippen LogP contribution in [0.1, 0.15) is 6.42 Å². The predicted molar refractivity (Wildman–Crippen MR) is 100 cm³/mol. The standard InChI is InChI=1S/C16H20ClN5O3S/c1-26(24,25)21-8-5-12(11-21)10-18-16(23)20-14-4-3-13(17)9-15(14)22-7-2-6-19-22/h2-4,6-7,9,12H,5,8,10-11H2,1H3,(H2,18,20,23). The highest BCUT2D eigenvalue weighted by Gasteiger charge is 2.28. The Kier molecular flexibility index (Phi) is 5.49. The molecule has 0 aliphatic carbocycles. The third-order valence-corrected chi connectivity index (χ3v) is 5.73. The molecule has 1 unspecified atom stereocenters. The van der Waals surface area contributed by atoms with Crippen LogP contribution in [0.2, 0.25) is 5.02 Å². The molecule has 0 radical (unpaired) electrons. The largest absolute Gasteiger partial charge is 0.338 e. The number of benzene rings is 1. The number of nitrogens with one attached hydrogen (secondary N) is 2. The van der Waals surface area contributed by atoms with Gasteiger partial charge in [0.15, 0.2) is 0 Å². The first-order valence-corrected chi connectivity index (χ1v) is 10.3. The van der Waals surface area contributed by atoms with Crippen LogP contribution in [0, 0.1) is 5.92 Å². The maximum atomic E-state index is 12.2. The number of halogens is 1. The predicted octanol–water partition coefficient (Wildman–Crippen LogP) is 1.93. The third-order valence-electron chi connectivity index (χ3n) is 4.23. The normalized spacial score (nSPS) is 18.0. The van der Waals surface area contributed by atoms with E-state index in [9.17, 15) is 13.2 Å². The van der Waals surface area contributed by atoms with Crippen molar-refractivity contribution in [3.05, 3.63) is 41.7 Å². The summed E-state index contributed by atoms with van der Waals surface area (Å²) in [6.07, 6.45) is 5.32. The van der Waals surface area contributed by atoms with Crippen molar-refractivity contribution in [1.82, 2.24) is 19.4 Å². The number of amides is 2. The quantitative estimate of drug-likeness (QED) is 0.805. The van der Waals surface area contributed by atoms with Crippen LogP contribution >= 0.6 is 11.6 Å². The van der Waals surface area contributed by atoms with Gasteiger partial charge in [-0.25, -0.2) is 22.2 Å². The number of sulfonamides is 1. The molecule has 1 aromatic heterocycles. The van der Waals surface area contributed by atoms with Gasteiger partial charge < -0.3 is 10.6 Å². The van der Waals surface area contributed by atoms with Crippen LogP contribution in [-0.4, -0.2) is 54.4 Å². The molecule has 10 heteroatoms. The zero-order chi connectivity index (χ0) is 18.7. The Morgan fingerprint density at radius 1 is 1.42 bits per heavy atom. The molecule has 8 nitrogen and oxygen atoms in total. The number of carbonyl (C=O) groups excluding carboxylic acids is 1. The minimum Gasteiger partial charge on any atom is -0.338 e. The van der Waals surface area contributed by atoms with Gasteiger partial charge in [0.25, 0.3) is 0 Å². The number of hydrogen-bond donors (Lipinski definition) is 2. The summed E-state index contributed by atoms with van der Waals surface area (Å²) in [6, 6.07) is 6.52. The first-order valence-electron chi connectivity index (χ1n) is 8.12. The summed E-state index contributed by atoms with van der Waals surface area (Å²) in [4.78, 5) is 12.2. The van der Waals surface area contributed by atoms with E-state index < -0.39 is 10.0 Å². The zero-order valence-electron chi connectivity index (χ0n) is 14.2. The van der Waals surface area contributed by atoms with Crippen molar-refractivity contribution in [2.24, 2.45) is 5.92 Å². The van der Waals surface area contributed by atoms with E-state index in [0.29, 0.717) is 36.0 Å². The summed E-state index contributed by atoms with van der Waals surface area (Å²) >= 11 is 6.04. The highest BCUT2D eigenvalue weighted by atomic mass is 35.5. The van der Waals surface area contributed by atoms with E-state index in [2.05, 4.69) is 15.7 Å². The fourth-order valence-corrected chi connectivity index (χ4v) is 3.96. The van der Waals surface area contributed by atoms with Crippen molar-refractivity contribution >= 4 is 33.3 Å². The maximum Gasteiger partial charge on any atom is 0.319 e. The van der Waals surface area contributed by atoms with Crippen LogP contribution < -0.4 is 10.6 Å². The second-order valence-electron chi connectivity index (χ2n) is 6.22. The van der Waals surface area contributed by atoms with Gasteiger partial charge in [-0.3, -0.25) is 0 Å². The molecule has 1 aromatic carbocycles. The summed E-state index contributed by atoms with van der Waals surface area (Å²) in [5, 5.41) is 10.3. The molecule has 26 heavy (non-hydrogen) atoms. The van der Waals surface area contributed by atoms with Gasteiger partial charge in [0.05, 0.1) is 17.6 Å². The van der Waals surface area contributed by atoms with Gasteiger partial charge >= 0.3 is 6.03 Å². The molecule has 0 saturated carbocycles. The molecule has 1 atom stereocenters. The van der Waals surface area contributed by atoms with E-state index in [1.54, 1.807) is 41.3 Å². The third kappa shape index (κ3) is 4.54. The van der Waals surface area contributed by atoms with Crippen LogP contribution in [0.3, 0.4) is 0 Å². The van der Waals surface area contributed by atoms with Crippen molar-refractivity contribution in [3.8, 4) is 5.69 Å². The molecule has 2 amide bonds. The number of nitrogens with zero attached hydrogens (tertiary/aromatic N) is 3. The van der Waals surface area contributed by atoms with E-state index in [1.165, 1.54) is 10.6 Å². The topological polar surface area (TPSA) is 96.3 Å². The molecule has 2 heterocycles. The van der Waals surface area contributed by atoms with Crippen molar-refractivity contribution in [3.63, 3.8) is 0 Å². The molecule has 1 aliphatic rings. The highest BCUT2D eigenvalue weighted by molar-refractivity contribution is 7.88. The van der Waals surface area contributed by atoms with Gasteiger partial charge in [-0.1, -0.05) is 11.6 Å². The van der Waals surface area contributed by atoms with E-state index in [0.717, 1.165) is 6.42 Å². The summed E-state index contributed by atoms with van der Waals surface area (Å²) < 4.78 is 26.1. The Bertz CT molecular complexity index is 885. The molecule has 3 rings (SSSR count). The van der Waals surface area contributed by atoms with Gasteiger partial charge in [-0.15, -0.1) is 0 Å². The van der Waals surface area contributed by atoms with E-state index >= 15 is 0 Å². The lowest BCUT2D eigenvalue weighted by Crippen LogP contribution is -2.35. The number of anilines is 1. The van der Waals surface area contributed by atoms with Gasteiger partial charge in [0.2, 0.25) is 10.0 Å². The molecule has 0 bridgehead atoms. The van der Waals surface area contributed by atoms with Gasteiger partial charge in [0.1, 0.15) is 0 Å².